The fourth-order valence-electron chi connectivity index (χ4n) is 3.51. The predicted octanol–water partition coefficient (Wildman–Crippen LogP) is 2.14. The molecular weight excluding hydrogens is 328 g/mol. The summed E-state index contributed by atoms with van der Waals surface area (Å²) in [6, 6.07) is 10.3. The van der Waals surface area contributed by atoms with Gasteiger partial charge in [0.1, 0.15) is 17.3 Å². The van der Waals surface area contributed by atoms with Crippen LogP contribution in [-0.2, 0) is 24.0 Å². The number of rotatable bonds is 6. The fraction of sp³-hybridized carbons (Fsp3) is 0.450. The maximum Gasteiger partial charge on any atom is 0.270 e. The van der Waals surface area contributed by atoms with Crippen molar-refractivity contribution in [1.82, 2.24) is 15.3 Å². The maximum atomic E-state index is 12.3. The van der Waals surface area contributed by atoms with Crippen molar-refractivity contribution < 1.29 is 9.53 Å². The first-order valence-electron chi connectivity index (χ1n) is 9.37. The first kappa shape index (κ1) is 17.0. The van der Waals surface area contributed by atoms with Crippen molar-refractivity contribution in [3.8, 4) is 0 Å². The molecule has 1 atom stereocenters. The molecule has 1 aromatic heterocycles. The van der Waals surface area contributed by atoms with Crippen LogP contribution in [0.1, 0.15) is 40.3 Å². The Balaban J connectivity index is 1.54. The Morgan fingerprint density at radius 3 is 2.88 bits per heavy atom. The molecule has 1 saturated heterocycles. The van der Waals surface area contributed by atoms with Gasteiger partial charge in [-0.15, -0.1) is 0 Å². The minimum absolute atomic E-state index is 0.102. The molecule has 26 heavy (non-hydrogen) atoms. The number of aryl methyl sites for hydroxylation is 2. The zero-order chi connectivity index (χ0) is 17.8. The monoisotopic (exact) mass is 352 g/mol. The van der Waals surface area contributed by atoms with E-state index in [0.717, 1.165) is 50.2 Å². The SMILES string of the molecule is O=C1NCCc2c(NCC3CCCO3)nc(CCc3ccccc3)nc21. The van der Waals surface area contributed by atoms with Gasteiger partial charge in [-0.25, -0.2) is 9.97 Å². The number of carbonyl (C=O) groups is 1. The molecule has 0 spiro atoms. The number of hydrogen-bond donors (Lipinski definition) is 2. The van der Waals surface area contributed by atoms with E-state index in [0.29, 0.717) is 24.5 Å². The van der Waals surface area contributed by atoms with Crippen LogP contribution >= 0.6 is 0 Å². The van der Waals surface area contributed by atoms with Gasteiger partial charge in [-0.3, -0.25) is 4.79 Å². The number of aromatic nitrogens is 2. The number of anilines is 1. The van der Waals surface area contributed by atoms with Crippen LogP contribution < -0.4 is 10.6 Å². The van der Waals surface area contributed by atoms with Crippen LogP contribution in [0.2, 0.25) is 0 Å². The molecule has 2 N–H and O–H groups in total. The van der Waals surface area contributed by atoms with E-state index in [1.165, 1.54) is 5.56 Å². The Labute approximate surface area is 153 Å². The van der Waals surface area contributed by atoms with Crippen LogP contribution in [0.5, 0.6) is 0 Å². The lowest BCUT2D eigenvalue weighted by molar-refractivity contribution is 0.0940. The zero-order valence-electron chi connectivity index (χ0n) is 14.8. The van der Waals surface area contributed by atoms with Gasteiger partial charge in [-0.05, 0) is 31.2 Å². The molecule has 1 fully saturated rings. The highest BCUT2D eigenvalue weighted by Gasteiger charge is 2.24. The molecule has 0 saturated carbocycles. The number of fused-ring (bicyclic) bond motifs is 1. The van der Waals surface area contributed by atoms with Gasteiger partial charge in [0.2, 0.25) is 0 Å². The van der Waals surface area contributed by atoms with Crippen molar-refractivity contribution in [3.05, 3.63) is 53.0 Å². The second-order valence-electron chi connectivity index (χ2n) is 6.82. The largest absolute Gasteiger partial charge is 0.376 e. The Morgan fingerprint density at radius 1 is 1.19 bits per heavy atom. The van der Waals surface area contributed by atoms with Crippen LogP contribution in [0.15, 0.2) is 30.3 Å². The topological polar surface area (TPSA) is 76.1 Å². The lowest BCUT2D eigenvalue weighted by Gasteiger charge is -2.21. The summed E-state index contributed by atoms with van der Waals surface area (Å²) in [5.74, 6) is 1.40. The van der Waals surface area contributed by atoms with Crippen LogP contribution in [0, 0.1) is 0 Å². The molecule has 3 heterocycles. The third-order valence-electron chi connectivity index (χ3n) is 4.93. The van der Waals surface area contributed by atoms with Crippen LogP contribution in [-0.4, -0.2) is 41.7 Å². The average Bonchev–Trinajstić information content (AvgIpc) is 3.19. The van der Waals surface area contributed by atoms with Crippen LogP contribution in [0.25, 0.3) is 0 Å². The quantitative estimate of drug-likeness (QED) is 0.833. The molecule has 1 amide bonds. The molecule has 2 aliphatic heterocycles. The van der Waals surface area contributed by atoms with Crippen molar-refractivity contribution in [1.29, 1.82) is 0 Å². The molecule has 1 unspecified atom stereocenters. The third kappa shape index (κ3) is 3.85. The van der Waals surface area contributed by atoms with E-state index in [2.05, 4.69) is 27.8 Å². The average molecular weight is 352 g/mol. The standard InChI is InChI=1S/C20H24N4O2/c25-20-18-16(10-11-21-20)19(22-13-15-7-4-12-26-15)24-17(23-18)9-8-14-5-2-1-3-6-14/h1-3,5-6,15H,4,7-13H2,(H,21,25)(H,22,23,24). The van der Waals surface area contributed by atoms with E-state index in [9.17, 15) is 4.79 Å². The highest BCUT2D eigenvalue weighted by molar-refractivity contribution is 5.96. The Kier molecular flexibility index (Phi) is 5.11. The summed E-state index contributed by atoms with van der Waals surface area (Å²) < 4.78 is 5.69. The Hall–Kier alpha value is -2.47. The highest BCUT2D eigenvalue weighted by atomic mass is 16.5. The summed E-state index contributed by atoms with van der Waals surface area (Å²) in [4.78, 5) is 21.6. The first-order valence-corrected chi connectivity index (χ1v) is 9.37. The van der Waals surface area contributed by atoms with E-state index in [1.54, 1.807) is 0 Å². The van der Waals surface area contributed by atoms with Gasteiger partial charge in [0.15, 0.2) is 0 Å². The number of nitrogens with zero attached hydrogens (tertiary/aromatic N) is 2. The molecule has 0 radical (unpaired) electrons. The molecule has 136 valence electrons. The minimum Gasteiger partial charge on any atom is -0.376 e. The van der Waals surface area contributed by atoms with Gasteiger partial charge < -0.3 is 15.4 Å². The molecule has 4 rings (SSSR count). The highest BCUT2D eigenvalue weighted by Crippen LogP contribution is 2.22. The summed E-state index contributed by atoms with van der Waals surface area (Å²) in [5.41, 5.74) is 2.69. The molecule has 0 bridgehead atoms. The van der Waals surface area contributed by atoms with Crippen LogP contribution in [0.4, 0.5) is 5.82 Å². The van der Waals surface area contributed by atoms with Gasteiger partial charge in [-0.2, -0.15) is 0 Å². The molecule has 2 aromatic rings. The molecular formula is C20H24N4O2. The van der Waals surface area contributed by atoms with Gasteiger partial charge in [-0.1, -0.05) is 30.3 Å². The van der Waals surface area contributed by atoms with Gasteiger partial charge in [0.25, 0.3) is 5.91 Å². The second kappa shape index (κ2) is 7.83. The van der Waals surface area contributed by atoms with Crippen LogP contribution in [0.3, 0.4) is 0 Å². The zero-order valence-corrected chi connectivity index (χ0v) is 14.8. The molecule has 0 aliphatic carbocycles. The van der Waals surface area contributed by atoms with E-state index in [4.69, 9.17) is 9.72 Å². The lowest BCUT2D eigenvalue weighted by Crippen LogP contribution is -2.34. The summed E-state index contributed by atoms with van der Waals surface area (Å²) in [6.07, 6.45) is 4.73. The number of nitrogens with one attached hydrogen (secondary N) is 2. The maximum absolute atomic E-state index is 12.3. The number of hydrogen-bond acceptors (Lipinski definition) is 5. The van der Waals surface area contributed by atoms with Gasteiger partial charge in [0.05, 0.1) is 6.10 Å². The lowest BCUT2D eigenvalue weighted by atomic mass is 10.1. The molecule has 6 nitrogen and oxygen atoms in total. The van der Waals surface area contributed by atoms with Crippen molar-refractivity contribution >= 4 is 11.7 Å². The summed E-state index contributed by atoms with van der Waals surface area (Å²) in [7, 11) is 0. The predicted molar refractivity (Wildman–Crippen MR) is 99.4 cm³/mol. The van der Waals surface area contributed by atoms with E-state index in [1.807, 2.05) is 18.2 Å². The Bertz CT molecular complexity index is 773. The number of ether oxygens (including phenoxy) is 1. The van der Waals surface area contributed by atoms with Crippen molar-refractivity contribution in [2.75, 3.05) is 25.0 Å². The van der Waals surface area contributed by atoms with Crippen molar-refractivity contribution in [2.24, 2.45) is 0 Å². The van der Waals surface area contributed by atoms with Gasteiger partial charge in [0, 0.05) is 31.7 Å². The molecule has 1 aromatic carbocycles. The van der Waals surface area contributed by atoms with Crippen molar-refractivity contribution in [3.63, 3.8) is 0 Å². The first-order chi connectivity index (χ1) is 12.8. The number of carbonyl (C=O) groups excluding carboxylic acids is 1. The minimum atomic E-state index is -0.102. The van der Waals surface area contributed by atoms with E-state index < -0.39 is 0 Å². The normalized spacial score (nSPS) is 19.1. The summed E-state index contributed by atoms with van der Waals surface area (Å²) in [6.45, 7) is 2.19. The van der Waals surface area contributed by atoms with E-state index >= 15 is 0 Å². The van der Waals surface area contributed by atoms with Gasteiger partial charge >= 0.3 is 0 Å². The number of benzene rings is 1. The number of amides is 1. The summed E-state index contributed by atoms with van der Waals surface area (Å²) >= 11 is 0. The fourth-order valence-corrected chi connectivity index (χ4v) is 3.51. The van der Waals surface area contributed by atoms with E-state index in [-0.39, 0.29) is 12.0 Å². The third-order valence-corrected chi connectivity index (χ3v) is 4.93. The second-order valence-corrected chi connectivity index (χ2v) is 6.82. The van der Waals surface area contributed by atoms with Crippen molar-refractivity contribution in [2.45, 2.75) is 38.2 Å². The molecule has 6 heteroatoms. The smallest absolute Gasteiger partial charge is 0.270 e. The Morgan fingerprint density at radius 2 is 2.08 bits per heavy atom. The molecule has 2 aliphatic rings. The summed E-state index contributed by atoms with van der Waals surface area (Å²) in [5, 5.41) is 6.30.